The fraction of sp³-hybridized carbons (Fsp3) is 0.308. The van der Waals surface area contributed by atoms with Crippen molar-refractivity contribution in [3.8, 4) is 0 Å². The minimum Gasteiger partial charge on any atom is -0.387 e. The van der Waals surface area contributed by atoms with Crippen molar-refractivity contribution in [3.63, 3.8) is 0 Å². The van der Waals surface area contributed by atoms with Crippen LogP contribution in [-0.4, -0.2) is 17.4 Å². The molecule has 1 aliphatic rings. The van der Waals surface area contributed by atoms with Gasteiger partial charge in [0.25, 0.3) is 0 Å². The summed E-state index contributed by atoms with van der Waals surface area (Å²) in [5, 5.41) is 13.0. The second kappa shape index (κ2) is 4.94. The number of ketones is 1. The number of carbonyl (C=O) groups is 1. The summed E-state index contributed by atoms with van der Waals surface area (Å²) in [7, 11) is 0. The molecule has 1 aromatic rings. The monoisotopic (exact) mass is 217 g/mol. The maximum Gasteiger partial charge on any atom is 0.157 e. The van der Waals surface area contributed by atoms with Crippen molar-refractivity contribution in [1.29, 1.82) is 0 Å². The van der Waals surface area contributed by atoms with E-state index in [4.69, 9.17) is 0 Å². The van der Waals surface area contributed by atoms with Gasteiger partial charge in [-0.15, -0.1) is 0 Å². The SMILES string of the molecule is O=C1C=C(NCC(O)c2ccccc2)CC1. The van der Waals surface area contributed by atoms with E-state index in [2.05, 4.69) is 5.32 Å². The van der Waals surface area contributed by atoms with Crippen molar-refractivity contribution in [1.82, 2.24) is 5.32 Å². The van der Waals surface area contributed by atoms with Crippen LogP contribution in [0.2, 0.25) is 0 Å². The second-order valence-electron chi connectivity index (χ2n) is 3.94. The summed E-state index contributed by atoms with van der Waals surface area (Å²) < 4.78 is 0. The number of benzene rings is 1. The Morgan fingerprint density at radius 3 is 2.62 bits per heavy atom. The van der Waals surface area contributed by atoms with Gasteiger partial charge in [-0.2, -0.15) is 0 Å². The van der Waals surface area contributed by atoms with E-state index >= 15 is 0 Å². The number of allylic oxidation sites excluding steroid dienone is 2. The Morgan fingerprint density at radius 2 is 2.00 bits per heavy atom. The normalized spacial score (nSPS) is 17.1. The van der Waals surface area contributed by atoms with Crippen molar-refractivity contribution in [3.05, 3.63) is 47.7 Å². The Hall–Kier alpha value is -1.61. The van der Waals surface area contributed by atoms with Crippen molar-refractivity contribution in [2.24, 2.45) is 0 Å². The van der Waals surface area contributed by atoms with Crippen LogP contribution >= 0.6 is 0 Å². The number of aliphatic hydroxyl groups is 1. The molecule has 3 heteroatoms. The Morgan fingerprint density at radius 1 is 1.25 bits per heavy atom. The van der Waals surface area contributed by atoms with Crippen molar-refractivity contribution >= 4 is 5.78 Å². The molecule has 2 rings (SSSR count). The highest BCUT2D eigenvalue weighted by Crippen LogP contribution is 2.15. The summed E-state index contributed by atoms with van der Waals surface area (Å²) in [6.45, 7) is 0.448. The first kappa shape index (κ1) is 10.9. The number of hydrogen-bond donors (Lipinski definition) is 2. The molecule has 3 nitrogen and oxygen atoms in total. The highest BCUT2D eigenvalue weighted by molar-refractivity contribution is 5.92. The van der Waals surface area contributed by atoms with Crippen LogP contribution in [0.15, 0.2) is 42.1 Å². The highest BCUT2D eigenvalue weighted by atomic mass is 16.3. The third kappa shape index (κ3) is 2.70. The first-order valence-corrected chi connectivity index (χ1v) is 5.46. The molecule has 0 bridgehead atoms. The molecule has 0 spiro atoms. The largest absolute Gasteiger partial charge is 0.387 e. The predicted octanol–water partition coefficient (Wildman–Crippen LogP) is 1.56. The highest BCUT2D eigenvalue weighted by Gasteiger charge is 2.13. The molecule has 1 aromatic carbocycles. The molecule has 1 aliphatic carbocycles. The number of nitrogens with one attached hydrogen (secondary N) is 1. The second-order valence-corrected chi connectivity index (χ2v) is 3.94. The van der Waals surface area contributed by atoms with E-state index in [9.17, 15) is 9.90 Å². The lowest BCUT2D eigenvalue weighted by molar-refractivity contribution is -0.114. The van der Waals surface area contributed by atoms with Crippen molar-refractivity contribution < 1.29 is 9.90 Å². The molecule has 0 aliphatic heterocycles. The minimum absolute atomic E-state index is 0.164. The zero-order valence-electron chi connectivity index (χ0n) is 9.02. The summed E-state index contributed by atoms with van der Waals surface area (Å²) in [4.78, 5) is 11.0. The number of rotatable bonds is 4. The van der Waals surface area contributed by atoms with Gasteiger partial charge in [0.15, 0.2) is 5.78 Å². The Kier molecular flexibility index (Phi) is 3.37. The summed E-state index contributed by atoms with van der Waals surface area (Å²) in [5.41, 5.74) is 1.82. The van der Waals surface area contributed by atoms with Gasteiger partial charge in [-0.1, -0.05) is 30.3 Å². The van der Waals surface area contributed by atoms with E-state index in [1.165, 1.54) is 0 Å². The maximum atomic E-state index is 11.0. The van der Waals surface area contributed by atoms with Gasteiger partial charge in [0, 0.05) is 24.7 Å². The van der Waals surface area contributed by atoms with Crippen molar-refractivity contribution in [2.75, 3.05) is 6.54 Å². The topological polar surface area (TPSA) is 49.3 Å². The van der Waals surface area contributed by atoms with E-state index in [0.29, 0.717) is 13.0 Å². The standard InChI is InChI=1S/C13H15NO2/c15-12-7-6-11(8-12)14-9-13(16)10-4-2-1-3-5-10/h1-5,8,13-14,16H,6-7,9H2. The molecule has 0 saturated heterocycles. The molecule has 2 N–H and O–H groups in total. The van der Waals surface area contributed by atoms with Crippen LogP contribution in [0.3, 0.4) is 0 Å². The molecule has 1 unspecified atom stereocenters. The zero-order valence-corrected chi connectivity index (χ0v) is 9.02. The number of aliphatic hydroxyl groups excluding tert-OH is 1. The summed E-state index contributed by atoms with van der Waals surface area (Å²) in [6.07, 6.45) is 2.44. The van der Waals surface area contributed by atoms with Gasteiger partial charge in [0.1, 0.15) is 0 Å². The molecular weight excluding hydrogens is 202 g/mol. The van der Waals surface area contributed by atoms with Gasteiger partial charge in [-0.05, 0) is 12.0 Å². The molecule has 0 fully saturated rings. The van der Waals surface area contributed by atoms with Gasteiger partial charge in [-0.3, -0.25) is 4.79 Å². The molecule has 0 heterocycles. The summed E-state index contributed by atoms with van der Waals surface area (Å²) in [6, 6.07) is 9.50. The molecule has 0 aromatic heterocycles. The summed E-state index contributed by atoms with van der Waals surface area (Å²) in [5.74, 6) is 0.164. The van der Waals surface area contributed by atoms with Gasteiger partial charge in [0.2, 0.25) is 0 Å². The van der Waals surface area contributed by atoms with Crippen LogP contribution in [0.25, 0.3) is 0 Å². The van der Waals surface area contributed by atoms with E-state index in [1.54, 1.807) is 6.08 Å². The molecule has 0 amide bonds. The van der Waals surface area contributed by atoms with Gasteiger partial charge < -0.3 is 10.4 Å². The smallest absolute Gasteiger partial charge is 0.157 e. The molecule has 1 atom stereocenters. The fourth-order valence-corrected chi connectivity index (χ4v) is 1.76. The van der Waals surface area contributed by atoms with E-state index in [-0.39, 0.29) is 5.78 Å². The van der Waals surface area contributed by atoms with Crippen LogP contribution in [0.1, 0.15) is 24.5 Å². The molecule has 16 heavy (non-hydrogen) atoms. The van der Waals surface area contributed by atoms with E-state index < -0.39 is 6.10 Å². The number of hydrogen-bond acceptors (Lipinski definition) is 3. The molecular formula is C13H15NO2. The van der Waals surface area contributed by atoms with E-state index in [1.807, 2.05) is 30.3 Å². The van der Waals surface area contributed by atoms with Crippen LogP contribution < -0.4 is 5.32 Å². The first-order chi connectivity index (χ1) is 7.75. The van der Waals surface area contributed by atoms with Crippen LogP contribution in [-0.2, 0) is 4.79 Å². The van der Waals surface area contributed by atoms with Crippen LogP contribution in [0, 0.1) is 0 Å². The predicted molar refractivity (Wildman–Crippen MR) is 61.7 cm³/mol. The Balaban J connectivity index is 1.87. The fourth-order valence-electron chi connectivity index (χ4n) is 1.76. The molecule has 0 radical (unpaired) electrons. The number of carbonyl (C=O) groups excluding carboxylic acids is 1. The molecule has 84 valence electrons. The van der Waals surface area contributed by atoms with Gasteiger partial charge in [0.05, 0.1) is 6.10 Å². The third-order valence-corrected chi connectivity index (χ3v) is 2.68. The van der Waals surface area contributed by atoms with Gasteiger partial charge >= 0.3 is 0 Å². The Labute approximate surface area is 94.8 Å². The van der Waals surface area contributed by atoms with E-state index in [0.717, 1.165) is 17.7 Å². The average molecular weight is 217 g/mol. The van der Waals surface area contributed by atoms with Gasteiger partial charge in [-0.25, -0.2) is 0 Å². The quantitative estimate of drug-likeness (QED) is 0.804. The maximum absolute atomic E-state index is 11.0. The lowest BCUT2D eigenvalue weighted by Gasteiger charge is -2.13. The lowest BCUT2D eigenvalue weighted by atomic mass is 10.1. The first-order valence-electron chi connectivity index (χ1n) is 5.46. The zero-order chi connectivity index (χ0) is 11.4. The van der Waals surface area contributed by atoms with Crippen LogP contribution in [0.4, 0.5) is 0 Å². The average Bonchev–Trinajstić information content (AvgIpc) is 2.73. The Bertz CT molecular complexity index is 398. The minimum atomic E-state index is -0.530. The molecule has 0 saturated carbocycles. The summed E-state index contributed by atoms with van der Waals surface area (Å²) >= 11 is 0. The lowest BCUT2D eigenvalue weighted by Crippen LogP contribution is -2.20. The third-order valence-electron chi connectivity index (χ3n) is 2.68. The van der Waals surface area contributed by atoms with Crippen LogP contribution in [0.5, 0.6) is 0 Å². The van der Waals surface area contributed by atoms with Crippen molar-refractivity contribution in [2.45, 2.75) is 18.9 Å².